The molecule has 0 bridgehead atoms. The number of nitrogens with one attached hydrogen (secondary N) is 1. The fourth-order valence-corrected chi connectivity index (χ4v) is 3.12. The molecule has 0 aliphatic heterocycles. The maximum Gasteiger partial charge on any atom is 0.254 e. The lowest BCUT2D eigenvalue weighted by Gasteiger charge is -2.20. The van der Waals surface area contributed by atoms with Crippen molar-refractivity contribution in [3.05, 3.63) is 77.0 Å². The van der Waals surface area contributed by atoms with Crippen molar-refractivity contribution in [3.63, 3.8) is 0 Å². The number of amides is 1. The van der Waals surface area contributed by atoms with E-state index in [-0.39, 0.29) is 17.8 Å². The molecule has 2 rings (SSSR count). The van der Waals surface area contributed by atoms with Crippen LogP contribution in [0.15, 0.2) is 60.1 Å². The smallest absolute Gasteiger partial charge is 0.254 e. The maximum atomic E-state index is 13.1. The summed E-state index contributed by atoms with van der Waals surface area (Å²) in [6.45, 7) is 9.75. The van der Waals surface area contributed by atoms with E-state index in [4.69, 9.17) is 17.3 Å². The lowest BCUT2D eigenvalue weighted by Crippen LogP contribution is -2.29. The maximum absolute atomic E-state index is 13.1. The highest BCUT2D eigenvalue weighted by Gasteiger charge is 2.18. The van der Waals surface area contributed by atoms with Gasteiger partial charge in [-0.3, -0.25) is 4.79 Å². The molecule has 6 nitrogen and oxygen atoms in total. The van der Waals surface area contributed by atoms with Gasteiger partial charge in [0.2, 0.25) is 5.96 Å². The van der Waals surface area contributed by atoms with Crippen LogP contribution in [0.3, 0.4) is 0 Å². The van der Waals surface area contributed by atoms with E-state index in [0.29, 0.717) is 28.7 Å². The molecule has 160 valence electrons. The first kappa shape index (κ1) is 23.3. The number of carbonyl (C=O) groups is 1. The minimum absolute atomic E-state index is 0.0620. The number of nitrogens with two attached hydrogens (primary N) is 1. The van der Waals surface area contributed by atoms with E-state index in [9.17, 15) is 9.18 Å². The third-order valence-electron chi connectivity index (χ3n) is 4.50. The van der Waals surface area contributed by atoms with Crippen molar-refractivity contribution in [3.8, 4) is 0 Å². The second-order valence-corrected chi connectivity index (χ2v) is 7.80. The van der Waals surface area contributed by atoms with Crippen LogP contribution in [0.2, 0.25) is 5.02 Å². The summed E-state index contributed by atoms with van der Waals surface area (Å²) in [7, 11) is 0. The molecule has 1 amide bonds. The molecular formula is C22H27ClFN5O. The summed E-state index contributed by atoms with van der Waals surface area (Å²) >= 11 is 5.99. The molecule has 1 aromatic heterocycles. The van der Waals surface area contributed by atoms with Gasteiger partial charge in [0.15, 0.2) is 0 Å². The number of hydrogen-bond donors (Lipinski definition) is 2. The topological polar surface area (TPSA) is 85.3 Å². The summed E-state index contributed by atoms with van der Waals surface area (Å²) in [6, 6.07) is 7.67. The molecule has 0 saturated heterocycles. The van der Waals surface area contributed by atoms with Crippen LogP contribution in [-0.2, 0) is 0 Å². The van der Waals surface area contributed by atoms with Crippen LogP contribution in [0.1, 0.15) is 47.8 Å². The standard InChI is InChI=1S/C22H27ClFN5O/c1-5-19(24)12-27-22(25)29-13-20(15(4)28-29)21(30)26-11-17(10-14(2)3)16-6-8-18(23)9-7-16/h5-9,12-14,17H,1,10-11H2,2-4H3,(H2,25,27)(H,26,30)/b19-12+. The van der Waals surface area contributed by atoms with Gasteiger partial charge in [-0.1, -0.05) is 44.2 Å². The fourth-order valence-electron chi connectivity index (χ4n) is 2.99. The molecule has 1 heterocycles. The highest BCUT2D eigenvalue weighted by Crippen LogP contribution is 2.24. The third kappa shape index (κ3) is 6.56. The number of benzene rings is 1. The van der Waals surface area contributed by atoms with Gasteiger partial charge in [-0.15, -0.1) is 0 Å². The molecular weight excluding hydrogens is 405 g/mol. The Balaban J connectivity index is 2.13. The molecule has 1 atom stereocenters. The minimum Gasteiger partial charge on any atom is -0.368 e. The largest absolute Gasteiger partial charge is 0.368 e. The number of aromatic nitrogens is 2. The van der Waals surface area contributed by atoms with Crippen LogP contribution in [0.25, 0.3) is 0 Å². The first-order valence-corrected chi connectivity index (χ1v) is 10.0. The van der Waals surface area contributed by atoms with Crippen LogP contribution >= 0.6 is 11.6 Å². The zero-order chi connectivity index (χ0) is 22.3. The molecule has 0 aliphatic rings. The molecule has 3 N–H and O–H groups in total. The Bertz CT molecular complexity index is 947. The molecule has 30 heavy (non-hydrogen) atoms. The van der Waals surface area contributed by atoms with Crippen LogP contribution in [0, 0.1) is 12.8 Å². The molecule has 0 radical (unpaired) electrons. The number of rotatable bonds is 8. The van der Waals surface area contributed by atoms with E-state index in [0.717, 1.165) is 24.3 Å². The number of aliphatic imine (C=N–C) groups is 1. The number of hydrogen-bond acceptors (Lipinski definition) is 3. The van der Waals surface area contributed by atoms with E-state index < -0.39 is 5.83 Å². The van der Waals surface area contributed by atoms with Crippen LogP contribution < -0.4 is 11.1 Å². The van der Waals surface area contributed by atoms with E-state index in [1.54, 1.807) is 6.92 Å². The first-order valence-electron chi connectivity index (χ1n) is 9.63. The molecule has 0 aliphatic carbocycles. The van der Waals surface area contributed by atoms with E-state index in [1.807, 2.05) is 24.3 Å². The van der Waals surface area contributed by atoms with Gasteiger partial charge in [-0.2, -0.15) is 5.10 Å². The van der Waals surface area contributed by atoms with Crippen molar-refractivity contribution in [2.45, 2.75) is 33.1 Å². The van der Waals surface area contributed by atoms with E-state index in [2.05, 4.69) is 35.8 Å². The Hall–Kier alpha value is -2.93. The Kier molecular flexibility index (Phi) is 8.35. The average Bonchev–Trinajstić information content (AvgIpc) is 3.11. The monoisotopic (exact) mass is 431 g/mol. The van der Waals surface area contributed by atoms with Crippen molar-refractivity contribution in [1.29, 1.82) is 0 Å². The van der Waals surface area contributed by atoms with Gasteiger partial charge in [0, 0.05) is 23.7 Å². The van der Waals surface area contributed by atoms with Crippen LogP contribution in [-0.4, -0.2) is 28.2 Å². The van der Waals surface area contributed by atoms with Crippen molar-refractivity contribution >= 4 is 23.5 Å². The number of allylic oxidation sites excluding steroid dienone is 2. The lowest BCUT2D eigenvalue weighted by atomic mass is 9.90. The average molecular weight is 432 g/mol. The second-order valence-electron chi connectivity index (χ2n) is 7.37. The lowest BCUT2D eigenvalue weighted by molar-refractivity contribution is 0.0949. The van der Waals surface area contributed by atoms with Crippen LogP contribution in [0.5, 0.6) is 0 Å². The van der Waals surface area contributed by atoms with E-state index in [1.165, 1.54) is 10.9 Å². The van der Waals surface area contributed by atoms with Crippen molar-refractivity contribution in [1.82, 2.24) is 15.1 Å². The quantitative estimate of drug-likeness (QED) is 0.365. The summed E-state index contributed by atoms with van der Waals surface area (Å²) < 4.78 is 14.4. The number of halogens is 2. The SMILES string of the molecule is C=C/C(F)=C\N=C(/N)n1cc(C(=O)NCC(CC(C)C)c2ccc(Cl)cc2)c(C)n1. The Morgan fingerprint density at radius 1 is 1.40 bits per heavy atom. The molecule has 1 unspecified atom stereocenters. The van der Waals surface area contributed by atoms with Crippen molar-refractivity contribution in [2.24, 2.45) is 16.6 Å². The molecule has 0 saturated carbocycles. The Labute approximate surface area is 181 Å². The van der Waals surface area contributed by atoms with Gasteiger partial charge >= 0.3 is 0 Å². The second kappa shape index (κ2) is 10.7. The normalized spacial score (nSPS) is 13.4. The Morgan fingerprint density at radius 3 is 2.67 bits per heavy atom. The number of aryl methyl sites for hydroxylation is 1. The number of nitrogens with zero attached hydrogens (tertiary/aromatic N) is 3. The predicted molar refractivity (Wildman–Crippen MR) is 119 cm³/mol. The van der Waals surface area contributed by atoms with Gasteiger partial charge in [-0.25, -0.2) is 14.1 Å². The third-order valence-corrected chi connectivity index (χ3v) is 4.75. The highest BCUT2D eigenvalue weighted by atomic mass is 35.5. The van der Waals surface area contributed by atoms with Gasteiger partial charge in [-0.05, 0) is 43.0 Å². The highest BCUT2D eigenvalue weighted by molar-refractivity contribution is 6.30. The summed E-state index contributed by atoms with van der Waals surface area (Å²) in [5.41, 5.74) is 7.79. The summed E-state index contributed by atoms with van der Waals surface area (Å²) in [5, 5.41) is 7.84. The van der Waals surface area contributed by atoms with E-state index >= 15 is 0 Å². The Morgan fingerprint density at radius 2 is 2.07 bits per heavy atom. The first-order chi connectivity index (χ1) is 14.2. The number of carbonyl (C=O) groups excluding carboxylic acids is 1. The van der Waals surface area contributed by atoms with Crippen LogP contribution in [0.4, 0.5) is 4.39 Å². The molecule has 2 aromatic rings. The predicted octanol–water partition coefficient (Wildman–Crippen LogP) is 4.56. The van der Waals surface area contributed by atoms with Gasteiger partial charge in [0.1, 0.15) is 5.83 Å². The summed E-state index contributed by atoms with van der Waals surface area (Å²) in [6.07, 6.45) is 4.34. The van der Waals surface area contributed by atoms with Gasteiger partial charge in [0.05, 0.1) is 17.5 Å². The molecule has 8 heteroatoms. The molecule has 1 aromatic carbocycles. The van der Waals surface area contributed by atoms with Gasteiger partial charge < -0.3 is 11.1 Å². The fraction of sp³-hybridized carbons (Fsp3) is 0.318. The summed E-state index contributed by atoms with van der Waals surface area (Å²) in [4.78, 5) is 16.5. The van der Waals surface area contributed by atoms with Crippen molar-refractivity contribution < 1.29 is 9.18 Å². The molecule has 0 spiro atoms. The zero-order valence-corrected chi connectivity index (χ0v) is 18.2. The van der Waals surface area contributed by atoms with Gasteiger partial charge in [0.25, 0.3) is 5.91 Å². The van der Waals surface area contributed by atoms with Crippen molar-refractivity contribution in [2.75, 3.05) is 6.54 Å². The minimum atomic E-state index is -0.627. The zero-order valence-electron chi connectivity index (χ0n) is 17.4. The molecule has 0 fully saturated rings. The summed E-state index contributed by atoms with van der Waals surface area (Å²) in [5.74, 6) is -0.333.